The highest BCUT2D eigenvalue weighted by atomic mass is 79.9. The molecule has 1 aromatic rings. The second-order valence-electron chi connectivity index (χ2n) is 4.38. The average molecular weight is 345 g/mol. The van der Waals surface area contributed by atoms with E-state index in [2.05, 4.69) is 21.2 Å². The van der Waals surface area contributed by atoms with Gasteiger partial charge in [-0.1, -0.05) is 15.9 Å². The maximum atomic E-state index is 12.0. The fourth-order valence-electron chi connectivity index (χ4n) is 1.60. The largest absolute Gasteiger partial charge is 0.397 e. The van der Waals surface area contributed by atoms with Gasteiger partial charge in [0.1, 0.15) is 6.10 Å². The first-order valence-electron chi connectivity index (χ1n) is 6.51. The lowest BCUT2D eigenvalue weighted by molar-refractivity contribution is -0.127. The third kappa shape index (κ3) is 5.11. The van der Waals surface area contributed by atoms with E-state index in [9.17, 15) is 4.79 Å². The van der Waals surface area contributed by atoms with Crippen LogP contribution < -0.4 is 11.1 Å². The van der Waals surface area contributed by atoms with Gasteiger partial charge in [0.05, 0.1) is 24.6 Å². The minimum absolute atomic E-state index is 0.231. The van der Waals surface area contributed by atoms with Crippen molar-refractivity contribution in [3.8, 4) is 0 Å². The quantitative estimate of drug-likeness (QED) is 0.589. The number of nitrogen functional groups attached to an aromatic ring is 1. The van der Waals surface area contributed by atoms with E-state index in [-0.39, 0.29) is 5.91 Å². The van der Waals surface area contributed by atoms with Crippen molar-refractivity contribution in [2.45, 2.75) is 26.9 Å². The molecule has 0 saturated carbocycles. The van der Waals surface area contributed by atoms with Crippen molar-refractivity contribution in [1.29, 1.82) is 0 Å². The average Bonchev–Trinajstić information content (AvgIpc) is 2.40. The Morgan fingerprint density at radius 2 is 2.15 bits per heavy atom. The monoisotopic (exact) mass is 344 g/mol. The molecule has 0 saturated heterocycles. The Bertz CT molecular complexity index is 466. The zero-order valence-electron chi connectivity index (χ0n) is 12.0. The molecule has 20 heavy (non-hydrogen) atoms. The summed E-state index contributed by atoms with van der Waals surface area (Å²) in [5.74, 6) is -0.231. The summed E-state index contributed by atoms with van der Waals surface area (Å²) < 4.78 is 11.4. The number of amides is 1. The highest BCUT2D eigenvalue weighted by molar-refractivity contribution is 9.10. The molecule has 112 valence electrons. The second-order valence-corrected chi connectivity index (χ2v) is 5.30. The fourth-order valence-corrected chi connectivity index (χ4v) is 2.17. The topological polar surface area (TPSA) is 73.6 Å². The minimum Gasteiger partial charge on any atom is -0.397 e. The number of anilines is 2. The summed E-state index contributed by atoms with van der Waals surface area (Å²) >= 11 is 3.38. The maximum Gasteiger partial charge on any atom is 0.253 e. The SMILES string of the molecule is CCOCCOC(C)C(=O)Nc1cc(Br)cc(C)c1N. The van der Waals surface area contributed by atoms with Crippen LogP contribution in [0.25, 0.3) is 0 Å². The lowest BCUT2D eigenvalue weighted by Crippen LogP contribution is -2.29. The van der Waals surface area contributed by atoms with Crippen LogP contribution in [0.4, 0.5) is 11.4 Å². The van der Waals surface area contributed by atoms with Crippen LogP contribution in [0.2, 0.25) is 0 Å². The first-order valence-corrected chi connectivity index (χ1v) is 7.30. The van der Waals surface area contributed by atoms with E-state index < -0.39 is 6.10 Å². The van der Waals surface area contributed by atoms with E-state index in [1.54, 1.807) is 13.0 Å². The smallest absolute Gasteiger partial charge is 0.253 e. The number of nitrogens with one attached hydrogen (secondary N) is 1. The summed E-state index contributed by atoms with van der Waals surface area (Å²) in [6.45, 7) is 6.99. The molecule has 0 bridgehead atoms. The second kappa shape index (κ2) is 8.24. The zero-order valence-corrected chi connectivity index (χ0v) is 13.6. The van der Waals surface area contributed by atoms with Crippen LogP contribution in [0.15, 0.2) is 16.6 Å². The van der Waals surface area contributed by atoms with Gasteiger partial charge < -0.3 is 20.5 Å². The van der Waals surface area contributed by atoms with Crippen LogP contribution >= 0.6 is 15.9 Å². The first kappa shape index (κ1) is 16.9. The van der Waals surface area contributed by atoms with E-state index in [4.69, 9.17) is 15.2 Å². The number of aryl methyl sites for hydroxylation is 1. The molecule has 1 atom stereocenters. The normalized spacial score (nSPS) is 12.2. The number of halogens is 1. The molecule has 0 aliphatic carbocycles. The van der Waals surface area contributed by atoms with Crippen LogP contribution in [0.5, 0.6) is 0 Å². The predicted octanol–water partition coefficient (Wildman–Crippen LogP) is 2.72. The summed E-state index contributed by atoms with van der Waals surface area (Å²) in [5, 5.41) is 2.77. The van der Waals surface area contributed by atoms with E-state index in [0.29, 0.717) is 31.2 Å². The van der Waals surface area contributed by atoms with E-state index in [1.807, 2.05) is 19.9 Å². The van der Waals surface area contributed by atoms with Crippen molar-refractivity contribution in [2.24, 2.45) is 0 Å². The molecular weight excluding hydrogens is 324 g/mol. The first-order chi connectivity index (χ1) is 9.45. The van der Waals surface area contributed by atoms with E-state index in [0.717, 1.165) is 10.0 Å². The van der Waals surface area contributed by atoms with Crippen LogP contribution in [0.1, 0.15) is 19.4 Å². The van der Waals surface area contributed by atoms with Crippen molar-refractivity contribution < 1.29 is 14.3 Å². The van der Waals surface area contributed by atoms with Gasteiger partial charge in [0, 0.05) is 11.1 Å². The molecule has 0 aliphatic rings. The summed E-state index contributed by atoms with van der Waals surface area (Å²) in [5.41, 5.74) is 7.99. The van der Waals surface area contributed by atoms with Crippen molar-refractivity contribution in [3.63, 3.8) is 0 Å². The van der Waals surface area contributed by atoms with Crippen molar-refractivity contribution >= 4 is 33.2 Å². The predicted molar refractivity (Wildman–Crippen MR) is 83.8 cm³/mol. The molecule has 0 fully saturated rings. The molecule has 1 rings (SSSR count). The van der Waals surface area contributed by atoms with Gasteiger partial charge in [-0.25, -0.2) is 0 Å². The lowest BCUT2D eigenvalue weighted by Gasteiger charge is -2.15. The van der Waals surface area contributed by atoms with Gasteiger partial charge in [-0.15, -0.1) is 0 Å². The number of ether oxygens (including phenoxy) is 2. The number of hydrogen-bond donors (Lipinski definition) is 2. The number of carbonyl (C=O) groups is 1. The van der Waals surface area contributed by atoms with E-state index >= 15 is 0 Å². The lowest BCUT2D eigenvalue weighted by atomic mass is 10.1. The third-order valence-corrected chi connectivity index (χ3v) is 3.24. The van der Waals surface area contributed by atoms with E-state index in [1.165, 1.54) is 0 Å². The molecule has 6 heteroatoms. The van der Waals surface area contributed by atoms with Crippen LogP contribution in [-0.2, 0) is 14.3 Å². The number of carbonyl (C=O) groups excluding carboxylic acids is 1. The molecular formula is C14H21BrN2O3. The van der Waals surface area contributed by atoms with Gasteiger partial charge in [-0.3, -0.25) is 4.79 Å². The van der Waals surface area contributed by atoms with Gasteiger partial charge in [0.2, 0.25) is 0 Å². The zero-order chi connectivity index (χ0) is 15.1. The number of rotatable bonds is 7. The number of nitrogens with two attached hydrogens (primary N) is 1. The maximum absolute atomic E-state index is 12.0. The molecule has 1 aromatic carbocycles. The van der Waals surface area contributed by atoms with Crippen molar-refractivity contribution in [1.82, 2.24) is 0 Å². The number of benzene rings is 1. The van der Waals surface area contributed by atoms with Crippen molar-refractivity contribution in [3.05, 3.63) is 22.2 Å². The Morgan fingerprint density at radius 1 is 1.45 bits per heavy atom. The summed E-state index contributed by atoms with van der Waals surface area (Å²) in [6, 6.07) is 3.67. The standard InChI is InChI=1S/C14H21BrN2O3/c1-4-19-5-6-20-10(3)14(18)17-12-8-11(15)7-9(2)13(12)16/h7-8,10H,4-6,16H2,1-3H3,(H,17,18). The molecule has 0 aromatic heterocycles. The highest BCUT2D eigenvalue weighted by Crippen LogP contribution is 2.27. The summed E-state index contributed by atoms with van der Waals surface area (Å²) in [7, 11) is 0. The molecule has 0 heterocycles. The molecule has 1 amide bonds. The molecule has 0 aliphatic heterocycles. The highest BCUT2D eigenvalue weighted by Gasteiger charge is 2.15. The number of hydrogen-bond acceptors (Lipinski definition) is 4. The van der Waals surface area contributed by atoms with Crippen molar-refractivity contribution in [2.75, 3.05) is 30.9 Å². The molecule has 0 spiro atoms. The van der Waals surface area contributed by atoms with Crippen LogP contribution in [0, 0.1) is 6.92 Å². The van der Waals surface area contributed by atoms with Gasteiger partial charge in [-0.05, 0) is 38.5 Å². The summed E-state index contributed by atoms with van der Waals surface area (Å²) in [6.07, 6.45) is -0.561. The minimum atomic E-state index is -0.561. The van der Waals surface area contributed by atoms with Crippen LogP contribution in [0.3, 0.4) is 0 Å². The fraction of sp³-hybridized carbons (Fsp3) is 0.500. The third-order valence-electron chi connectivity index (χ3n) is 2.78. The summed E-state index contributed by atoms with van der Waals surface area (Å²) in [4.78, 5) is 12.0. The molecule has 1 unspecified atom stereocenters. The molecule has 3 N–H and O–H groups in total. The van der Waals surface area contributed by atoms with Gasteiger partial charge in [0.25, 0.3) is 5.91 Å². The Balaban J connectivity index is 2.57. The van der Waals surface area contributed by atoms with Gasteiger partial charge in [0.15, 0.2) is 0 Å². The van der Waals surface area contributed by atoms with Gasteiger partial charge >= 0.3 is 0 Å². The van der Waals surface area contributed by atoms with Gasteiger partial charge in [-0.2, -0.15) is 0 Å². The Labute approximate surface area is 127 Å². The molecule has 0 radical (unpaired) electrons. The van der Waals surface area contributed by atoms with Crippen LogP contribution in [-0.4, -0.2) is 31.8 Å². The molecule has 5 nitrogen and oxygen atoms in total. The Hall–Kier alpha value is -1.11. The Kier molecular flexibility index (Phi) is 6.98. The Morgan fingerprint density at radius 3 is 2.80 bits per heavy atom.